The molecule has 3 heterocycles. The van der Waals surface area contributed by atoms with Gasteiger partial charge in [-0.2, -0.15) is 9.97 Å². The van der Waals surface area contributed by atoms with Crippen molar-refractivity contribution in [2.24, 2.45) is 0 Å². The van der Waals surface area contributed by atoms with E-state index in [1.165, 1.54) is 7.05 Å². The Morgan fingerprint density at radius 1 is 1.25 bits per heavy atom. The minimum atomic E-state index is -2.71. The summed E-state index contributed by atoms with van der Waals surface area (Å²) >= 11 is 0.979. The number of hydrogen-bond acceptors (Lipinski definition) is 11. The third kappa shape index (κ3) is 5.98. The van der Waals surface area contributed by atoms with Crippen molar-refractivity contribution in [3.63, 3.8) is 0 Å². The first-order valence-corrected chi connectivity index (χ1v) is 12.7. The fraction of sp³-hybridized carbons (Fsp3) is 0.286. The van der Waals surface area contributed by atoms with Crippen LogP contribution in [0.25, 0.3) is 0 Å². The molecule has 0 atom stereocenters. The van der Waals surface area contributed by atoms with E-state index >= 15 is 0 Å². The Bertz CT molecular complexity index is 1350. The van der Waals surface area contributed by atoms with Gasteiger partial charge in [0, 0.05) is 32.7 Å². The summed E-state index contributed by atoms with van der Waals surface area (Å²) in [7, 11) is -1.24. The zero-order chi connectivity index (χ0) is 25.8. The van der Waals surface area contributed by atoms with Gasteiger partial charge in [0.15, 0.2) is 5.13 Å². The first-order valence-electron chi connectivity index (χ1n) is 10.8. The molecule has 0 bridgehead atoms. The lowest BCUT2D eigenvalue weighted by molar-refractivity contribution is -0.120. The van der Waals surface area contributed by atoms with Crippen LogP contribution >= 0.6 is 11.3 Å². The SMILES string of the molecule is Cc1nc(Nc2nc(NCc3ccc(N(C)[SH](=O)=O)cc3)cc(N3CCNC(=O)C3)n2)sc1C(=O)O. The summed E-state index contributed by atoms with van der Waals surface area (Å²) < 4.78 is 23.5. The Morgan fingerprint density at radius 2 is 2.00 bits per heavy atom. The zero-order valence-electron chi connectivity index (χ0n) is 19.4. The van der Waals surface area contributed by atoms with Gasteiger partial charge in [-0.1, -0.05) is 23.5 Å². The number of aromatic carboxylic acids is 1. The van der Waals surface area contributed by atoms with E-state index in [0.29, 0.717) is 47.8 Å². The van der Waals surface area contributed by atoms with Crippen molar-refractivity contribution in [2.75, 3.05) is 46.5 Å². The maximum Gasteiger partial charge on any atom is 0.347 e. The van der Waals surface area contributed by atoms with Crippen molar-refractivity contribution in [3.05, 3.63) is 46.5 Å². The first-order chi connectivity index (χ1) is 17.2. The van der Waals surface area contributed by atoms with Gasteiger partial charge in [-0.3, -0.25) is 14.4 Å². The van der Waals surface area contributed by atoms with Crippen LogP contribution in [0.5, 0.6) is 0 Å². The standard InChI is InChI=1S/C21H24N8O5S2/c1-12-18(19(31)32)35-21(24-12)27-20-25-15(9-16(26-20)29-8-7-22-17(30)11-29)23-10-13-3-5-14(6-4-13)28(2)36(33)34/h3-6,9,36H,7-8,10-11H2,1-2H3,(H,22,30)(H,31,32)(H2,23,24,25,26,27). The maximum absolute atomic E-state index is 11.9. The highest BCUT2D eigenvalue weighted by atomic mass is 32.2. The van der Waals surface area contributed by atoms with Gasteiger partial charge in [0.2, 0.25) is 22.7 Å². The number of nitrogens with one attached hydrogen (secondary N) is 3. The number of anilines is 5. The number of amides is 1. The Balaban J connectivity index is 1.56. The van der Waals surface area contributed by atoms with Crippen LogP contribution in [0.15, 0.2) is 30.3 Å². The summed E-state index contributed by atoms with van der Waals surface area (Å²) in [4.78, 5) is 38.5. The van der Waals surface area contributed by atoms with Gasteiger partial charge < -0.3 is 20.6 Å². The van der Waals surface area contributed by atoms with Crippen molar-refractivity contribution in [1.29, 1.82) is 0 Å². The van der Waals surface area contributed by atoms with Crippen LogP contribution in [0, 0.1) is 6.92 Å². The molecule has 36 heavy (non-hydrogen) atoms. The second-order valence-electron chi connectivity index (χ2n) is 7.85. The summed E-state index contributed by atoms with van der Waals surface area (Å²) in [6.07, 6.45) is 0. The van der Waals surface area contributed by atoms with Crippen LogP contribution in [0.3, 0.4) is 0 Å². The molecule has 1 aromatic carbocycles. The first kappa shape index (κ1) is 25.1. The Hall–Kier alpha value is -3.98. The van der Waals surface area contributed by atoms with Crippen molar-refractivity contribution in [3.8, 4) is 0 Å². The number of thiol groups is 1. The average Bonchev–Trinajstić information content (AvgIpc) is 3.22. The van der Waals surface area contributed by atoms with E-state index < -0.39 is 16.9 Å². The smallest absolute Gasteiger partial charge is 0.347 e. The van der Waals surface area contributed by atoms with Crippen LogP contribution in [-0.4, -0.2) is 67.0 Å². The normalized spacial score (nSPS) is 13.4. The highest BCUT2D eigenvalue weighted by Gasteiger charge is 2.20. The Morgan fingerprint density at radius 3 is 2.64 bits per heavy atom. The van der Waals surface area contributed by atoms with Crippen molar-refractivity contribution in [1.82, 2.24) is 20.3 Å². The van der Waals surface area contributed by atoms with E-state index in [-0.39, 0.29) is 23.3 Å². The summed E-state index contributed by atoms with van der Waals surface area (Å²) in [6.45, 7) is 3.20. The number of carboxylic acid groups (broad SMARTS) is 1. The fourth-order valence-corrected chi connectivity index (χ4v) is 4.56. The van der Waals surface area contributed by atoms with Gasteiger partial charge in [0.05, 0.1) is 17.9 Å². The highest BCUT2D eigenvalue weighted by Crippen LogP contribution is 2.27. The van der Waals surface area contributed by atoms with E-state index in [9.17, 15) is 23.1 Å². The van der Waals surface area contributed by atoms with Crippen molar-refractivity contribution in [2.45, 2.75) is 13.5 Å². The molecule has 2 aromatic heterocycles. The molecule has 1 aliphatic heterocycles. The number of aryl methyl sites for hydroxylation is 1. The molecule has 0 unspecified atom stereocenters. The molecule has 4 N–H and O–H groups in total. The molecule has 1 saturated heterocycles. The van der Waals surface area contributed by atoms with Crippen LogP contribution < -0.4 is 25.2 Å². The van der Waals surface area contributed by atoms with Crippen LogP contribution in [0.2, 0.25) is 0 Å². The molecule has 0 radical (unpaired) electrons. The molecule has 1 amide bonds. The van der Waals surface area contributed by atoms with Gasteiger partial charge in [-0.15, -0.1) is 0 Å². The number of carbonyl (C=O) groups is 2. The van der Waals surface area contributed by atoms with E-state index in [0.717, 1.165) is 21.2 Å². The number of rotatable bonds is 9. The summed E-state index contributed by atoms with van der Waals surface area (Å²) in [5, 5.41) is 18.6. The topological polar surface area (TPSA) is 170 Å². The molecule has 13 nitrogen and oxygen atoms in total. The molecule has 0 aliphatic carbocycles. The number of carbonyl (C=O) groups excluding carboxylic acids is 1. The lowest BCUT2D eigenvalue weighted by Crippen LogP contribution is -2.48. The Kier molecular flexibility index (Phi) is 7.49. The predicted octanol–water partition coefficient (Wildman–Crippen LogP) is 1.19. The molecule has 4 rings (SSSR count). The minimum absolute atomic E-state index is 0.115. The number of piperazine rings is 1. The maximum atomic E-state index is 11.9. The molecule has 1 aliphatic rings. The fourth-order valence-electron chi connectivity index (χ4n) is 3.44. The monoisotopic (exact) mass is 532 g/mol. The highest BCUT2D eigenvalue weighted by molar-refractivity contribution is 7.74. The summed E-state index contributed by atoms with van der Waals surface area (Å²) in [6, 6.07) is 8.75. The third-order valence-corrected chi connectivity index (χ3v) is 7.09. The molecule has 0 saturated carbocycles. The van der Waals surface area contributed by atoms with E-state index in [2.05, 4.69) is 30.9 Å². The molecule has 15 heteroatoms. The lowest BCUT2D eigenvalue weighted by atomic mass is 10.2. The summed E-state index contributed by atoms with van der Waals surface area (Å²) in [5.41, 5.74) is 1.82. The number of carboxylic acids is 1. The summed E-state index contributed by atoms with van der Waals surface area (Å²) in [5.74, 6) is 0.0175. The predicted molar refractivity (Wildman–Crippen MR) is 137 cm³/mol. The quantitative estimate of drug-likeness (QED) is 0.251. The number of aromatic nitrogens is 3. The second kappa shape index (κ2) is 10.7. The zero-order valence-corrected chi connectivity index (χ0v) is 21.1. The van der Waals surface area contributed by atoms with Crippen LogP contribution in [0.4, 0.5) is 28.4 Å². The Labute approximate surface area is 212 Å². The van der Waals surface area contributed by atoms with Gasteiger partial charge in [-0.25, -0.2) is 18.2 Å². The van der Waals surface area contributed by atoms with Crippen molar-refractivity contribution < 1.29 is 23.1 Å². The second-order valence-corrected chi connectivity index (χ2v) is 9.93. The van der Waals surface area contributed by atoms with Gasteiger partial charge in [-0.05, 0) is 24.6 Å². The van der Waals surface area contributed by atoms with E-state index in [4.69, 9.17) is 0 Å². The molecule has 1 fully saturated rings. The lowest BCUT2D eigenvalue weighted by Gasteiger charge is -2.28. The van der Waals surface area contributed by atoms with Gasteiger partial charge in [0.1, 0.15) is 16.5 Å². The largest absolute Gasteiger partial charge is 0.477 e. The van der Waals surface area contributed by atoms with Gasteiger partial charge in [0.25, 0.3) is 0 Å². The molecule has 190 valence electrons. The molecule has 3 aromatic rings. The van der Waals surface area contributed by atoms with Gasteiger partial charge >= 0.3 is 5.97 Å². The number of hydrogen-bond donors (Lipinski definition) is 5. The van der Waals surface area contributed by atoms with Crippen LogP contribution in [-0.2, 0) is 22.2 Å². The third-order valence-electron chi connectivity index (χ3n) is 5.31. The van der Waals surface area contributed by atoms with Crippen molar-refractivity contribution >= 4 is 62.5 Å². The van der Waals surface area contributed by atoms with E-state index in [1.54, 1.807) is 37.3 Å². The van der Waals surface area contributed by atoms with Crippen LogP contribution in [0.1, 0.15) is 20.9 Å². The molecular weight excluding hydrogens is 508 g/mol. The van der Waals surface area contributed by atoms with E-state index in [1.807, 2.05) is 4.90 Å². The number of nitrogens with zero attached hydrogens (tertiary/aromatic N) is 5. The molecule has 0 spiro atoms. The average molecular weight is 533 g/mol. The molecular formula is C21H24N8O5S2. The number of benzene rings is 1. The minimum Gasteiger partial charge on any atom is -0.477 e. The number of thiazole rings is 1.